The van der Waals surface area contributed by atoms with Crippen LogP contribution in [0.3, 0.4) is 0 Å². The van der Waals surface area contributed by atoms with Crippen LogP contribution in [0.1, 0.15) is 39.3 Å². The summed E-state index contributed by atoms with van der Waals surface area (Å²) < 4.78 is 46.4. The molecule has 4 nitrogen and oxygen atoms in total. The minimum absolute atomic E-state index is 0.0300. The summed E-state index contributed by atoms with van der Waals surface area (Å²) in [7, 11) is 0. The molecule has 0 saturated heterocycles. The minimum Gasteiger partial charge on any atom is -0.449 e. The van der Waals surface area contributed by atoms with E-state index in [4.69, 9.17) is 10.5 Å². The quantitative estimate of drug-likeness (QED) is 0.408. The molecule has 0 aliphatic heterocycles. The Morgan fingerprint density at radius 1 is 0.939 bits per heavy atom. The highest BCUT2D eigenvalue weighted by Crippen LogP contribution is 2.44. The Morgan fingerprint density at radius 3 is 2.03 bits per heavy atom. The molecule has 3 aromatic carbocycles. The van der Waals surface area contributed by atoms with Crippen molar-refractivity contribution in [1.29, 1.82) is 0 Å². The smallest absolute Gasteiger partial charge is 0.449 e. The van der Waals surface area contributed by atoms with Gasteiger partial charge in [-0.1, -0.05) is 59.7 Å². The summed E-state index contributed by atoms with van der Waals surface area (Å²) in [6.07, 6.45) is -0.686. The van der Waals surface area contributed by atoms with Gasteiger partial charge in [-0.3, -0.25) is 0 Å². The molecule has 0 spiro atoms. The number of fused-ring (bicyclic) bond motifs is 3. The van der Waals surface area contributed by atoms with Crippen LogP contribution in [-0.4, -0.2) is 19.7 Å². The number of ether oxygens (including phenoxy) is 1. The van der Waals surface area contributed by atoms with Crippen LogP contribution in [0, 0.1) is 20.8 Å². The Morgan fingerprint density at radius 2 is 1.48 bits per heavy atom. The highest BCUT2D eigenvalue weighted by molar-refractivity contribution is 6.74. The first kappa shape index (κ1) is 22.8. The van der Waals surface area contributed by atoms with Gasteiger partial charge in [-0.05, 0) is 54.2 Å². The number of amides is 1. The summed E-state index contributed by atoms with van der Waals surface area (Å²) in [4.78, 5) is 12.5. The van der Waals surface area contributed by atoms with Gasteiger partial charge in [-0.2, -0.15) is 0 Å². The Hall–Kier alpha value is -3.42. The fraction of sp³-hybridized carbons (Fsp3) is 0.240. The third-order valence-electron chi connectivity index (χ3n) is 6.60. The number of hydrogen-bond donors (Lipinski definition) is 2. The molecule has 0 saturated carbocycles. The number of rotatable bonds is 5. The molecular weight excluding hydrogens is 428 g/mol. The molecule has 1 aliphatic carbocycles. The van der Waals surface area contributed by atoms with Crippen LogP contribution in [0.4, 0.5) is 23.4 Å². The highest BCUT2D eigenvalue weighted by Gasteiger charge is 2.32. The summed E-state index contributed by atoms with van der Waals surface area (Å²) in [6, 6.07) is 16.0. The van der Waals surface area contributed by atoms with E-state index in [2.05, 4.69) is 5.32 Å². The van der Waals surface area contributed by atoms with Gasteiger partial charge in [0.25, 0.3) is 0 Å². The van der Waals surface area contributed by atoms with Crippen molar-refractivity contribution in [2.45, 2.75) is 33.2 Å². The zero-order valence-electron chi connectivity index (χ0n) is 18.7. The van der Waals surface area contributed by atoms with Gasteiger partial charge in [0, 0.05) is 18.2 Å². The predicted octanol–water partition coefficient (Wildman–Crippen LogP) is 5.29. The predicted molar refractivity (Wildman–Crippen MR) is 126 cm³/mol. The fourth-order valence-corrected chi connectivity index (χ4v) is 4.88. The second-order valence-electron chi connectivity index (χ2n) is 8.43. The number of hydrogen-bond acceptors (Lipinski definition) is 3. The molecule has 3 aromatic rings. The van der Waals surface area contributed by atoms with Gasteiger partial charge in [0.1, 0.15) is 6.61 Å². The number of benzene rings is 3. The first-order chi connectivity index (χ1) is 15.6. The van der Waals surface area contributed by atoms with E-state index in [1.165, 1.54) is 13.8 Å². The fourth-order valence-electron chi connectivity index (χ4n) is 4.88. The lowest BCUT2D eigenvalue weighted by Gasteiger charge is -2.27. The zero-order chi connectivity index (χ0) is 23.9. The molecular formula is C25H25BF3N2O2-. The molecule has 0 radical (unpaired) electrons. The van der Waals surface area contributed by atoms with Crippen molar-refractivity contribution in [1.82, 2.24) is 5.32 Å². The van der Waals surface area contributed by atoms with Gasteiger partial charge in [0.2, 0.25) is 0 Å². The van der Waals surface area contributed by atoms with Gasteiger partial charge in [0.15, 0.2) is 0 Å². The molecule has 0 heterocycles. The minimum atomic E-state index is -5.23. The first-order valence-electron chi connectivity index (χ1n) is 10.8. The van der Waals surface area contributed by atoms with Gasteiger partial charge >= 0.3 is 13.1 Å². The van der Waals surface area contributed by atoms with E-state index in [1.54, 1.807) is 6.92 Å². The van der Waals surface area contributed by atoms with Crippen LogP contribution < -0.4 is 16.5 Å². The topological polar surface area (TPSA) is 64.3 Å². The number of nitrogens with two attached hydrogens (primary N) is 1. The summed E-state index contributed by atoms with van der Waals surface area (Å²) in [5, 5.41) is 2.60. The molecule has 0 bridgehead atoms. The Labute approximate surface area is 191 Å². The maximum absolute atomic E-state index is 13.6. The van der Waals surface area contributed by atoms with Crippen LogP contribution >= 0.6 is 0 Å². The zero-order valence-corrected chi connectivity index (χ0v) is 18.7. The Kier molecular flexibility index (Phi) is 5.86. The summed E-state index contributed by atoms with van der Waals surface area (Å²) in [6.45, 7) is -0.746. The SMILES string of the molecule is Cc1c(N)c(C)c([B-](F)(F)F)c(C)c1CNC(=O)OCC1c2ccccc2-c2ccccc21. The monoisotopic (exact) mass is 453 g/mol. The van der Waals surface area contributed by atoms with Crippen molar-refractivity contribution < 1.29 is 22.5 Å². The number of carbonyl (C=O) groups is 1. The maximum atomic E-state index is 13.6. The number of nitrogens with one attached hydrogen (secondary N) is 1. The molecule has 8 heteroatoms. The van der Waals surface area contributed by atoms with E-state index in [0.29, 0.717) is 11.1 Å². The van der Waals surface area contributed by atoms with Crippen molar-refractivity contribution in [2.75, 3.05) is 12.3 Å². The second-order valence-corrected chi connectivity index (χ2v) is 8.43. The van der Waals surface area contributed by atoms with Crippen molar-refractivity contribution >= 4 is 24.2 Å². The molecule has 172 valence electrons. The standard InChI is InChI=1S/C25H25BF3N2O2/c1-14-21(15(2)24(30)16(3)23(14)26(27,28)29)12-31-25(32)33-13-22-19-10-6-4-8-17(19)18-9-5-7-11-20(18)22/h4-11,22H,12-13,30H2,1-3H3,(H,31,32)/q-1. The molecule has 33 heavy (non-hydrogen) atoms. The summed E-state index contributed by atoms with van der Waals surface area (Å²) in [5.74, 6) is -0.0961. The van der Waals surface area contributed by atoms with Crippen molar-refractivity contribution in [3.8, 4) is 11.1 Å². The van der Waals surface area contributed by atoms with Crippen molar-refractivity contribution in [2.24, 2.45) is 0 Å². The third-order valence-corrected chi connectivity index (χ3v) is 6.60. The molecule has 0 fully saturated rings. The summed E-state index contributed by atoms with van der Waals surface area (Å²) in [5.41, 5.74) is 10.8. The lowest BCUT2D eigenvalue weighted by atomic mass is 9.71. The van der Waals surface area contributed by atoms with E-state index < -0.39 is 18.5 Å². The number of nitrogen functional groups attached to an aromatic ring is 1. The van der Waals surface area contributed by atoms with E-state index in [-0.39, 0.29) is 35.9 Å². The highest BCUT2D eigenvalue weighted by atomic mass is 19.4. The average Bonchev–Trinajstić information content (AvgIpc) is 3.09. The van der Waals surface area contributed by atoms with Gasteiger partial charge in [-0.25, -0.2) is 4.79 Å². The van der Waals surface area contributed by atoms with E-state index >= 15 is 0 Å². The van der Waals surface area contributed by atoms with E-state index in [9.17, 15) is 17.7 Å². The van der Waals surface area contributed by atoms with Gasteiger partial charge in [-0.15, -0.1) is 5.46 Å². The molecule has 0 atom stereocenters. The lowest BCUT2D eigenvalue weighted by Crippen LogP contribution is -2.40. The largest absolute Gasteiger partial charge is 0.510 e. The number of alkyl carbamates (subject to hydrolysis) is 1. The second kappa shape index (κ2) is 8.50. The van der Waals surface area contributed by atoms with Crippen LogP contribution in [0.5, 0.6) is 0 Å². The van der Waals surface area contributed by atoms with Crippen LogP contribution in [0.2, 0.25) is 0 Å². The molecule has 0 aromatic heterocycles. The maximum Gasteiger partial charge on any atom is 0.510 e. The van der Waals surface area contributed by atoms with Crippen molar-refractivity contribution in [3.05, 3.63) is 81.9 Å². The number of anilines is 1. The van der Waals surface area contributed by atoms with Crippen LogP contribution in [-0.2, 0) is 11.3 Å². The molecule has 1 amide bonds. The Balaban J connectivity index is 1.49. The molecule has 1 aliphatic rings. The van der Waals surface area contributed by atoms with Gasteiger partial charge in [0.05, 0.1) is 0 Å². The Bertz CT molecular complexity index is 1200. The van der Waals surface area contributed by atoms with E-state index in [0.717, 1.165) is 22.3 Å². The molecule has 3 N–H and O–H groups in total. The van der Waals surface area contributed by atoms with Gasteiger partial charge < -0.3 is 28.7 Å². The first-order valence-corrected chi connectivity index (χ1v) is 10.8. The van der Waals surface area contributed by atoms with E-state index in [1.807, 2.05) is 48.5 Å². The number of carbonyl (C=O) groups excluding carboxylic acids is 1. The molecule has 0 unspecified atom stereocenters. The number of halogens is 3. The normalized spacial score (nSPS) is 12.9. The van der Waals surface area contributed by atoms with Crippen LogP contribution in [0.15, 0.2) is 48.5 Å². The third kappa shape index (κ3) is 4.05. The van der Waals surface area contributed by atoms with Crippen LogP contribution in [0.25, 0.3) is 11.1 Å². The van der Waals surface area contributed by atoms with Crippen molar-refractivity contribution in [3.63, 3.8) is 0 Å². The summed E-state index contributed by atoms with van der Waals surface area (Å²) >= 11 is 0. The lowest BCUT2D eigenvalue weighted by molar-refractivity contribution is 0.142. The molecule has 4 rings (SSSR count). The average molecular weight is 453 g/mol.